The SMILES string of the molecule is CCOC(=O)N1CC=C(NNC(=O)NC2CCCCC2)CC1. The third kappa shape index (κ3) is 5.13. The first-order valence-electron chi connectivity index (χ1n) is 8.12. The number of nitrogens with zero attached hydrogens (tertiary/aromatic N) is 1. The molecule has 0 bridgehead atoms. The molecular weight excluding hydrogens is 284 g/mol. The van der Waals surface area contributed by atoms with Crippen LogP contribution < -0.4 is 16.2 Å². The van der Waals surface area contributed by atoms with Crippen molar-refractivity contribution in [1.82, 2.24) is 21.1 Å². The minimum absolute atomic E-state index is 0.194. The van der Waals surface area contributed by atoms with Crippen LogP contribution >= 0.6 is 0 Å². The molecule has 7 nitrogen and oxygen atoms in total. The molecule has 0 radical (unpaired) electrons. The van der Waals surface area contributed by atoms with Gasteiger partial charge in [-0.2, -0.15) is 0 Å². The number of ether oxygens (including phenoxy) is 1. The Kier molecular flexibility index (Phi) is 6.36. The van der Waals surface area contributed by atoms with Gasteiger partial charge in [-0.1, -0.05) is 19.3 Å². The number of rotatable bonds is 4. The average molecular weight is 310 g/mol. The Labute approximate surface area is 131 Å². The molecule has 22 heavy (non-hydrogen) atoms. The first-order chi connectivity index (χ1) is 10.7. The van der Waals surface area contributed by atoms with Crippen LogP contribution in [0.3, 0.4) is 0 Å². The summed E-state index contributed by atoms with van der Waals surface area (Å²) >= 11 is 0. The van der Waals surface area contributed by atoms with Crippen LogP contribution in [0.1, 0.15) is 45.4 Å². The van der Waals surface area contributed by atoms with E-state index in [0.717, 1.165) is 18.5 Å². The van der Waals surface area contributed by atoms with Crippen LogP contribution in [0.25, 0.3) is 0 Å². The van der Waals surface area contributed by atoms with Gasteiger partial charge in [-0.05, 0) is 25.8 Å². The van der Waals surface area contributed by atoms with Crippen molar-refractivity contribution in [3.8, 4) is 0 Å². The predicted molar refractivity (Wildman–Crippen MR) is 83.0 cm³/mol. The number of amides is 3. The van der Waals surface area contributed by atoms with Crippen LogP contribution in [0, 0.1) is 0 Å². The molecule has 124 valence electrons. The first kappa shape index (κ1) is 16.5. The van der Waals surface area contributed by atoms with Crippen molar-refractivity contribution < 1.29 is 14.3 Å². The van der Waals surface area contributed by atoms with Crippen LogP contribution in [0.2, 0.25) is 0 Å². The van der Waals surface area contributed by atoms with E-state index in [1.54, 1.807) is 11.8 Å². The molecule has 3 amide bonds. The van der Waals surface area contributed by atoms with Crippen molar-refractivity contribution in [3.63, 3.8) is 0 Å². The van der Waals surface area contributed by atoms with Crippen LogP contribution in [0.4, 0.5) is 9.59 Å². The second-order valence-corrected chi connectivity index (χ2v) is 5.68. The van der Waals surface area contributed by atoms with Gasteiger partial charge in [-0.25, -0.2) is 9.59 Å². The summed E-state index contributed by atoms with van der Waals surface area (Å²) in [6, 6.07) is 0.0933. The van der Waals surface area contributed by atoms with Gasteiger partial charge in [0.1, 0.15) is 0 Å². The smallest absolute Gasteiger partial charge is 0.410 e. The maximum atomic E-state index is 11.8. The molecule has 0 saturated heterocycles. The maximum absolute atomic E-state index is 11.8. The van der Waals surface area contributed by atoms with E-state index in [4.69, 9.17) is 4.74 Å². The topological polar surface area (TPSA) is 82.7 Å². The summed E-state index contributed by atoms with van der Waals surface area (Å²) in [6.45, 7) is 3.25. The molecule has 0 aromatic carbocycles. The Morgan fingerprint density at radius 1 is 1.32 bits per heavy atom. The molecule has 2 aliphatic rings. The van der Waals surface area contributed by atoms with Gasteiger partial charge >= 0.3 is 12.1 Å². The van der Waals surface area contributed by atoms with E-state index in [-0.39, 0.29) is 18.2 Å². The summed E-state index contributed by atoms with van der Waals surface area (Å²) in [4.78, 5) is 25.0. The van der Waals surface area contributed by atoms with Crippen molar-refractivity contribution in [1.29, 1.82) is 0 Å². The van der Waals surface area contributed by atoms with E-state index in [0.29, 0.717) is 26.1 Å². The minimum Gasteiger partial charge on any atom is -0.450 e. The first-order valence-corrected chi connectivity index (χ1v) is 8.12. The Hall–Kier alpha value is -1.92. The van der Waals surface area contributed by atoms with Crippen LogP contribution in [0.15, 0.2) is 11.8 Å². The van der Waals surface area contributed by atoms with Crippen molar-refractivity contribution in [2.24, 2.45) is 0 Å². The maximum Gasteiger partial charge on any atom is 0.410 e. The largest absolute Gasteiger partial charge is 0.450 e. The van der Waals surface area contributed by atoms with Gasteiger partial charge in [0.2, 0.25) is 0 Å². The second kappa shape index (κ2) is 8.51. The van der Waals surface area contributed by atoms with Crippen molar-refractivity contribution in [2.75, 3.05) is 19.7 Å². The van der Waals surface area contributed by atoms with E-state index < -0.39 is 0 Å². The third-order valence-corrected chi connectivity index (χ3v) is 4.01. The number of hydrazine groups is 1. The van der Waals surface area contributed by atoms with E-state index in [1.807, 2.05) is 6.08 Å². The summed E-state index contributed by atoms with van der Waals surface area (Å²) in [5, 5.41) is 2.98. The lowest BCUT2D eigenvalue weighted by molar-refractivity contribution is 0.110. The molecule has 1 heterocycles. The normalized spacial score (nSPS) is 19.1. The Bertz CT molecular complexity index is 419. The molecule has 1 saturated carbocycles. The number of hydrogen-bond acceptors (Lipinski definition) is 4. The zero-order valence-corrected chi connectivity index (χ0v) is 13.2. The van der Waals surface area contributed by atoms with Crippen LogP contribution in [0.5, 0.6) is 0 Å². The predicted octanol–water partition coefficient (Wildman–Crippen LogP) is 1.87. The molecule has 1 aliphatic heterocycles. The molecule has 1 aliphatic carbocycles. The van der Waals surface area contributed by atoms with Crippen LogP contribution in [-0.2, 0) is 4.74 Å². The van der Waals surface area contributed by atoms with E-state index >= 15 is 0 Å². The lowest BCUT2D eigenvalue weighted by Crippen LogP contribution is -2.49. The summed E-state index contributed by atoms with van der Waals surface area (Å²) in [6.07, 6.45) is 8.03. The summed E-state index contributed by atoms with van der Waals surface area (Å²) in [5.41, 5.74) is 6.50. The Morgan fingerprint density at radius 3 is 2.73 bits per heavy atom. The molecule has 2 rings (SSSR count). The zero-order chi connectivity index (χ0) is 15.8. The minimum atomic E-state index is -0.291. The molecule has 0 unspecified atom stereocenters. The van der Waals surface area contributed by atoms with E-state index in [1.165, 1.54) is 19.3 Å². The quantitative estimate of drug-likeness (QED) is 0.692. The van der Waals surface area contributed by atoms with Crippen LogP contribution in [-0.4, -0.2) is 42.8 Å². The monoisotopic (exact) mass is 310 g/mol. The molecule has 1 fully saturated rings. The van der Waals surface area contributed by atoms with Gasteiger partial charge in [0.05, 0.1) is 6.61 Å². The molecule has 7 heteroatoms. The molecule has 0 spiro atoms. The summed E-state index contributed by atoms with van der Waals surface area (Å²) < 4.78 is 4.96. The van der Waals surface area contributed by atoms with E-state index in [9.17, 15) is 9.59 Å². The fourth-order valence-electron chi connectivity index (χ4n) is 2.77. The fraction of sp³-hybridized carbons (Fsp3) is 0.733. The number of urea groups is 1. The van der Waals surface area contributed by atoms with Crippen molar-refractivity contribution in [3.05, 3.63) is 11.8 Å². The standard InChI is InChI=1S/C15H26N4O3/c1-2-22-15(21)19-10-8-13(9-11-19)17-18-14(20)16-12-6-4-3-5-7-12/h8,12,17H,2-7,9-11H2,1H3,(H2,16,18,20). The Morgan fingerprint density at radius 2 is 2.09 bits per heavy atom. The van der Waals surface area contributed by atoms with Gasteiger partial charge in [0.25, 0.3) is 0 Å². The second-order valence-electron chi connectivity index (χ2n) is 5.68. The number of nitrogens with one attached hydrogen (secondary N) is 3. The third-order valence-electron chi connectivity index (χ3n) is 4.01. The summed E-state index contributed by atoms with van der Waals surface area (Å²) in [7, 11) is 0. The highest BCUT2D eigenvalue weighted by Crippen LogP contribution is 2.17. The number of carbonyl (C=O) groups excluding carboxylic acids is 2. The lowest BCUT2D eigenvalue weighted by Gasteiger charge is -2.27. The molecule has 0 aromatic rings. The molecule has 0 atom stereocenters. The molecule has 3 N–H and O–H groups in total. The van der Waals surface area contributed by atoms with Gasteiger partial charge in [-0.15, -0.1) is 0 Å². The highest BCUT2D eigenvalue weighted by molar-refractivity contribution is 5.73. The molecular formula is C15H26N4O3. The lowest BCUT2D eigenvalue weighted by atomic mass is 9.96. The van der Waals surface area contributed by atoms with E-state index in [2.05, 4.69) is 16.2 Å². The number of carbonyl (C=O) groups is 2. The highest BCUT2D eigenvalue weighted by atomic mass is 16.6. The Balaban J connectivity index is 1.66. The average Bonchev–Trinajstić information content (AvgIpc) is 2.54. The summed E-state index contributed by atoms with van der Waals surface area (Å²) in [5.74, 6) is 0. The highest BCUT2D eigenvalue weighted by Gasteiger charge is 2.19. The number of hydrogen-bond donors (Lipinski definition) is 3. The zero-order valence-electron chi connectivity index (χ0n) is 13.2. The fourth-order valence-corrected chi connectivity index (χ4v) is 2.77. The van der Waals surface area contributed by atoms with Crippen molar-refractivity contribution >= 4 is 12.1 Å². The van der Waals surface area contributed by atoms with Gasteiger partial charge in [-0.3, -0.25) is 5.43 Å². The van der Waals surface area contributed by atoms with Gasteiger partial charge in [0, 0.05) is 31.2 Å². The van der Waals surface area contributed by atoms with Crippen molar-refractivity contribution in [2.45, 2.75) is 51.5 Å². The molecule has 0 aromatic heterocycles. The van der Waals surface area contributed by atoms with Gasteiger partial charge in [0.15, 0.2) is 0 Å². The van der Waals surface area contributed by atoms with Gasteiger partial charge < -0.3 is 20.4 Å².